The van der Waals surface area contributed by atoms with Crippen LogP contribution in [0.1, 0.15) is 39.0 Å². The number of piperidine rings is 2. The molecule has 2 unspecified atom stereocenters. The van der Waals surface area contributed by atoms with Gasteiger partial charge in [-0.2, -0.15) is 0 Å². The van der Waals surface area contributed by atoms with Gasteiger partial charge in [-0.25, -0.2) is 4.39 Å². The van der Waals surface area contributed by atoms with E-state index in [9.17, 15) is 4.39 Å². The van der Waals surface area contributed by atoms with Crippen molar-refractivity contribution in [3.63, 3.8) is 0 Å². The molecule has 0 amide bonds. The molecule has 2 fully saturated rings. The summed E-state index contributed by atoms with van der Waals surface area (Å²) in [5, 5.41) is 3.80. The zero-order valence-corrected chi connectivity index (χ0v) is 12.7. The van der Waals surface area contributed by atoms with Crippen LogP contribution < -0.4 is 10.2 Å². The number of hydrogen-bond donors (Lipinski definition) is 1. The summed E-state index contributed by atoms with van der Waals surface area (Å²) in [4.78, 5) is 2.30. The van der Waals surface area contributed by atoms with Crippen molar-refractivity contribution in [1.29, 1.82) is 0 Å². The number of nitrogens with one attached hydrogen (secondary N) is 1. The standard InChI is InChI=1S/C16H22ClFN2/c1-2-19-11-9-12-5-3-6-13(10-11)20(12)15-8-4-7-14(17)16(15)18/h4,7-8,11-13,19H,2-3,5-6,9-10H2,1H3. The van der Waals surface area contributed by atoms with Gasteiger partial charge in [-0.1, -0.05) is 24.6 Å². The van der Waals surface area contributed by atoms with E-state index in [0.29, 0.717) is 23.8 Å². The zero-order valence-electron chi connectivity index (χ0n) is 11.9. The summed E-state index contributed by atoms with van der Waals surface area (Å²) in [7, 11) is 0. The third-order valence-electron chi connectivity index (χ3n) is 4.68. The van der Waals surface area contributed by atoms with Gasteiger partial charge < -0.3 is 10.2 Å². The molecule has 0 aromatic heterocycles. The van der Waals surface area contributed by atoms with E-state index in [2.05, 4.69) is 17.1 Å². The molecular formula is C16H22ClFN2. The Bertz CT molecular complexity index is 466. The largest absolute Gasteiger partial charge is 0.363 e. The van der Waals surface area contributed by atoms with Crippen molar-refractivity contribution in [2.45, 2.75) is 57.2 Å². The van der Waals surface area contributed by atoms with Crippen molar-refractivity contribution in [2.75, 3.05) is 11.4 Å². The summed E-state index contributed by atoms with van der Waals surface area (Å²) in [5.74, 6) is -0.257. The Morgan fingerprint density at radius 2 is 2.00 bits per heavy atom. The van der Waals surface area contributed by atoms with Gasteiger partial charge in [-0.05, 0) is 50.8 Å². The molecule has 0 radical (unpaired) electrons. The lowest BCUT2D eigenvalue weighted by atomic mass is 9.81. The Kier molecular flexibility index (Phi) is 4.18. The van der Waals surface area contributed by atoms with E-state index in [1.165, 1.54) is 6.42 Å². The number of halogens is 2. The number of hydrogen-bond acceptors (Lipinski definition) is 2. The molecule has 0 saturated carbocycles. The molecule has 2 aliphatic rings. The fourth-order valence-corrected chi connectivity index (χ4v) is 4.09. The van der Waals surface area contributed by atoms with Gasteiger partial charge >= 0.3 is 0 Å². The van der Waals surface area contributed by atoms with Gasteiger partial charge in [0.15, 0.2) is 5.82 Å². The second-order valence-electron chi connectivity index (χ2n) is 5.94. The van der Waals surface area contributed by atoms with Crippen molar-refractivity contribution >= 4 is 17.3 Å². The van der Waals surface area contributed by atoms with E-state index < -0.39 is 0 Å². The van der Waals surface area contributed by atoms with Gasteiger partial charge in [0.25, 0.3) is 0 Å². The predicted octanol–water partition coefficient (Wildman–Crippen LogP) is 3.98. The fourth-order valence-electron chi connectivity index (χ4n) is 3.92. The molecule has 2 heterocycles. The monoisotopic (exact) mass is 296 g/mol. The molecule has 2 nitrogen and oxygen atoms in total. The van der Waals surface area contributed by atoms with Crippen LogP contribution in [0.2, 0.25) is 5.02 Å². The van der Waals surface area contributed by atoms with Crippen LogP contribution >= 0.6 is 11.6 Å². The number of fused-ring (bicyclic) bond motifs is 2. The van der Waals surface area contributed by atoms with Crippen LogP contribution in [0.4, 0.5) is 10.1 Å². The van der Waals surface area contributed by atoms with Crippen molar-refractivity contribution in [3.8, 4) is 0 Å². The van der Waals surface area contributed by atoms with Crippen molar-refractivity contribution in [2.24, 2.45) is 0 Å². The molecule has 1 aromatic carbocycles. The van der Waals surface area contributed by atoms with Crippen LogP contribution in [-0.4, -0.2) is 24.7 Å². The highest BCUT2D eigenvalue weighted by atomic mass is 35.5. The van der Waals surface area contributed by atoms with E-state index in [4.69, 9.17) is 11.6 Å². The molecular weight excluding hydrogens is 275 g/mol. The molecule has 0 spiro atoms. The maximum atomic E-state index is 14.3. The Labute approximate surface area is 125 Å². The lowest BCUT2D eigenvalue weighted by Crippen LogP contribution is -2.56. The lowest BCUT2D eigenvalue weighted by Gasteiger charge is -2.50. The summed E-state index contributed by atoms with van der Waals surface area (Å²) >= 11 is 5.95. The van der Waals surface area contributed by atoms with Gasteiger partial charge in [0.1, 0.15) is 0 Å². The SMILES string of the molecule is CCNC1CC2CCCC(C1)N2c1cccc(Cl)c1F. The second kappa shape index (κ2) is 5.90. The minimum absolute atomic E-state index is 0.231. The topological polar surface area (TPSA) is 15.3 Å². The minimum Gasteiger partial charge on any atom is -0.363 e. The predicted molar refractivity (Wildman–Crippen MR) is 82.0 cm³/mol. The Morgan fingerprint density at radius 1 is 1.30 bits per heavy atom. The molecule has 2 atom stereocenters. The fraction of sp³-hybridized carbons (Fsp3) is 0.625. The molecule has 2 bridgehead atoms. The first-order chi connectivity index (χ1) is 9.70. The Balaban J connectivity index is 1.88. The third-order valence-corrected chi connectivity index (χ3v) is 4.97. The average molecular weight is 297 g/mol. The lowest BCUT2D eigenvalue weighted by molar-refractivity contribution is 0.246. The van der Waals surface area contributed by atoms with Crippen LogP contribution in [0.3, 0.4) is 0 Å². The van der Waals surface area contributed by atoms with E-state index in [-0.39, 0.29) is 10.8 Å². The summed E-state index contributed by atoms with van der Waals surface area (Å²) in [6.45, 7) is 3.16. The van der Waals surface area contributed by atoms with Gasteiger partial charge in [-0.3, -0.25) is 0 Å². The highest BCUT2D eigenvalue weighted by Crippen LogP contribution is 2.39. The van der Waals surface area contributed by atoms with E-state index in [1.807, 2.05) is 12.1 Å². The highest BCUT2D eigenvalue weighted by Gasteiger charge is 2.39. The molecule has 1 aromatic rings. The van der Waals surface area contributed by atoms with Crippen LogP contribution in [0.5, 0.6) is 0 Å². The number of nitrogens with zero attached hydrogens (tertiary/aromatic N) is 1. The van der Waals surface area contributed by atoms with Crippen molar-refractivity contribution < 1.29 is 4.39 Å². The van der Waals surface area contributed by atoms with Gasteiger partial charge in [0.2, 0.25) is 0 Å². The summed E-state index contributed by atoms with van der Waals surface area (Å²) in [5.41, 5.74) is 0.696. The molecule has 2 aliphatic heterocycles. The molecule has 20 heavy (non-hydrogen) atoms. The molecule has 1 N–H and O–H groups in total. The highest BCUT2D eigenvalue weighted by molar-refractivity contribution is 6.31. The Hall–Kier alpha value is -0.800. The van der Waals surface area contributed by atoms with Crippen LogP contribution in [0, 0.1) is 5.82 Å². The summed E-state index contributed by atoms with van der Waals surface area (Å²) in [6, 6.07) is 6.82. The number of rotatable bonds is 3. The smallest absolute Gasteiger partial charge is 0.165 e. The molecule has 2 saturated heterocycles. The Morgan fingerprint density at radius 3 is 2.65 bits per heavy atom. The molecule has 4 heteroatoms. The van der Waals surface area contributed by atoms with Gasteiger partial charge in [-0.15, -0.1) is 0 Å². The van der Waals surface area contributed by atoms with Crippen molar-refractivity contribution in [3.05, 3.63) is 29.0 Å². The van der Waals surface area contributed by atoms with Gasteiger partial charge in [0.05, 0.1) is 10.7 Å². The number of anilines is 1. The van der Waals surface area contributed by atoms with E-state index >= 15 is 0 Å². The van der Waals surface area contributed by atoms with E-state index in [1.54, 1.807) is 6.07 Å². The summed E-state index contributed by atoms with van der Waals surface area (Å²) < 4.78 is 14.3. The van der Waals surface area contributed by atoms with Crippen LogP contribution in [0.25, 0.3) is 0 Å². The molecule has 3 rings (SSSR count). The average Bonchev–Trinajstić information content (AvgIpc) is 2.42. The maximum Gasteiger partial charge on any atom is 0.165 e. The molecule has 110 valence electrons. The number of benzene rings is 1. The van der Waals surface area contributed by atoms with Gasteiger partial charge in [0, 0.05) is 18.1 Å². The maximum absolute atomic E-state index is 14.3. The first kappa shape index (κ1) is 14.2. The third kappa shape index (κ3) is 2.53. The first-order valence-corrected chi connectivity index (χ1v) is 8.04. The normalized spacial score (nSPS) is 29.6. The van der Waals surface area contributed by atoms with Crippen molar-refractivity contribution in [1.82, 2.24) is 5.32 Å². The first-order valence-electron chi connectivity index (χ1n) is 7.66. The van der Waals surface area contributed by atoms with Crippen LogP contribution in [-0.2, 0) is 0 Å². The minimum atomic E-state index is -0.257. The summed E-state index contributed by atoms with van der Waals surface area (Å²) in [6.07, 6.45) is 5.79. The molecule has 0 aliphatic carbocycles. The zero-order chi connectivity index (χ0) is 14.1. The van der Waals surface area contributed by atoms with Crippen LogP contribution in [0.15, 0.2) is 18.2 Å². The quantitative estimate of drug-likeness (QED) is 0.907. The second-order valence-corrected chi connectivity index (χ2v) is 6.35. The van der Waals surface area contributed by atoms with E-state index in [0.717, 1.165) is 32.2 Å².